The average molecular weight is 481 g/mol. The summed E-state index contributed by atoms with van der Waals surface area (Å²) in [6.07, 6.45) is 1.06. The molecule has 0 bridgehead atoms. The first-order valence-corrected chi connectivity index (χ1v) is 12.9. The number of benzene rings is 2. The summed E-state index contributed by atoms with van der Waals surface area (Å²) in [5.41, 5.74) is 4.51. The normalized spacial score (nSPS) is 15.5. The largest absolute Gasteiger partial charge is 0.348 e. The molecule has 1 aliphatic rings. The smallest absolute Gasteiger partial charge is 0.185 e. The van der Waals surface area contributed by atoms with Crippen LogP contribution in [0.3, 0.4) is 0 Å². The molecule has 4 rings (SSSR count). The van der Waals surface area contributed by atoms with Crippen LogP contribution in [0.4, 0.5) is 5.13 Å². The summed E-state index contributed by atoms with van der Waals surface area (Å²) in [7, 11) is -3.53. The molecule has 4 nitrogen and oxygen atoms in total. The molecule has 0 amide bonds. The van der Waals surface area contributed by atoms with Crippen LogP contribution < -0.4 is 4.90 Å². The van der Waals surface area contributed by atoms with Gasteiger partial charge >= 0.3 is 0 Å². The molecule has 0 unspecified atom stereocenters. The zero-order valence-corrected chi connectivity index (χ0v) is 19.9. The highest BCUT2D eigenvalue weighted by Crippen LogP contribution is 2.35. The summed E-state index contributed by atoms with van der Waals surface area (Å²) in [6, 6.07) is 11.0. The van der Waals surface area contributed by atoms with Crippen LogP contribution in [0.2, 0.25) is 10.0 Å². The number of sulfone groups is 1. The summed E-state index contributed by atoms with van der Waals surface area (Å²) in [5, 5.41) is 3.13. The highest BCUT2D eigenvalue weighted by molar-refractivity contribution is 7.92. The van der Waals surface area contributed by atoms with Gasteiger partial charge in [-0.05, 0) is 56.5 Å². The van der Waals surface area contributed by atoms with Crippen molar-refractivity contribution in [1.82, 2.24) is 4.98 Å². The van der Waals surface area contributed by atoms with Gasteiger partial charge in [0.05, 0.1) is 20.9 Å². The molecule has 1 fully saturated rings. The first-order chi connectivity index (χ1) is 14.3. The Balaban J connectivity index is 1.50. The standard InChI is InChI=1S/C22H22Cl2N2O2S2/c1-14-3-4-15(2)18(11-14)20-13-29-22(25-20)26-9-7-17(8-10-26)30(27,28)21-12-16(23)5-6-19(21)24/h3-6,11-13,17H,7-10H2,1-2H3. The Morgan fingerprint density at radius 2 is 1.80 bits per heavy atom. The number of rotatable bonds is 4. The van der Waals surface area contributed by atoms with Gasteiger partial charge in [-0.3, -0.25) is 0 Å². The van der Waals surface area contributed by atoms with E-state index >= 15 is 0 Å². The molecule has 1 aliphatic heterocycles. The van der Waals surface area contributed by atoms with Gasteiger partial charge < -0.3 is 4.90 Å². The first-order valence-electron chi connectivity index (χ1n) is 9.73. The molecular weight excluding hydrogens is 459 g/mol. The number of nitrogens with zero attached hydrogens (tertiary/aromatic N) is 2. The molecule has 0 radical (unpaired) electrons. The Morgan fingerprint density at radius 1 is 1.07 bits per heavy atom. The summed E-state index contributed by atoms with van der Waals surface area (Å²) in [4.78, 5) is 7.13. The number of aryl methyl sites for hydroxylation is 2. The average Bonchev–Trinajstić information content (AvgIpc) is 3.21. The number of anilines is 1. The number of piperidine rings is 1. The predicted octanol–water partition coefficient (Wildman–Crippen LogP) is 6.18. The summed E-state index contributed by atoms with van der Waals surface area (Å²) < 4.78 is 26.2. The minimum Gasteiger partial charge on any atom is -0.348 e. The SMILES string of the molecule is Cc1ccc(C)c(-c2csc(N3CCC(S(=O)(=O)c4cc(Cl)ccc4Cl)CC3)n2)c1. The summed E-state index contributed by atoms with van der Waals surface area (Å²) in [6.45, 7) is 5.45. The van der Waals surface area contributed by atoms with Crippen molar-refractivity contribution < 1.29 is 8.42 Å². The van der Waals surface area contributed by atoms with E-state index in [1.807, 2.05) is 0 Å². The lowest BCUT2D eigenvalue weighted by atomic mass is 10.0. The number of aromatic nitrogens is 1. The maximum atomic E-state index is 13.1. The topological polar surface area (TPSA) is 50.3 Å². The molecular formula is C22H22Cl2N2O2S2. The second-order valence-electron chi connectivity index (χ2n) is 7.64. The van der Waals surface area contributed by atoms with Crippen molar-refractivity contribution in [3.05, 3.63) is 63.0 Å². The fraction of sp³-hybridized carbons (Fsp3) is 0.318. The van der Waals surface area contributed by atoms with E-state index < -0.39 is 15.1 Å². The molecule has 0 N–H and O–H groups in total. The number of hydrogen-bond acceptors (Lipinski definition) is 5. The molecule has 30 heavy (non-hydrogen) atoms. The van der Waals surface area contributed by atoms with Gasteiger partial charge in [0, 0.05) is 29.1 Å². The van der Waals surface area contributed by atoms with E-state index in [1.54, 1.807) is 17.4 Å². The molecule has 0 spiro atoms. The van der Waals surface area contributed by atoms with E-state index in [0.29, 0.717) is 31.0 Å². The van der Waals surface area contributed by atoms with Crippen LogP contribution in [-0.4, -0.2) is 31.7 Å². The quantitative estimate of drug-likeness (QED) is 0.447. The Labute approximate surface area is 191 Å². The highest BCUT2D eigenvalue weighted by Gasteiger charge is 2.33. The monoisotopic (exact) mass is 480 g/mol. The van der Waals surface area contributed by atoms with Crippen molar-refractivity contribution in [3.63, 3.8) is 0 Å². The summed E-state index contributed by atoms with van der Waals surface area (Å²) >= 11 is 13.8. The maximum Gasteiger partial charge on any atom is 0.185 e. The Kier molecular flexibility index (Phi) is 6.13. The van der Waals surface area contributed by atoms with Gasteiger partial charge in [0.25, 0.3) is 0 Å². The molecule has 1 saturated heterocycles. The van der Waals surface area contributed by atoms with Crippen molar-refractivity contribution in [2.75, 3.05) is 18.0 Å². The van der Waals surface area contributed by atoms with Crippen LogP contribution in [0.25, 0.3) is 11.3 Å². The van der Waals surface area contributed by atoms with Gasteiger partial charge in [-0.1, -0.05) is 40.9 Å². The van der Waals surface area contributed by atoms with E-state index in [-0.39, 0.29) is 9.92 Å². The molecule has 3 aromatic rings. The second kappa shape index (κ2) is 8.50. The fourth-order valence-electron chi connectivity index (χ4n) is 3.78. The van der Waals surface area contributed by atoms with Crippen LogP contribution in [-0.2, 0) is 9.84 Å². The van der Waals surface area contributed by atoms with Crippen LogP contribution in [0.5, 0.6) is 0 Å². The number of hydrogen-bond donors (Lipinski definition) is 0. The lowest BCUT2D eigenvalue weighted by Gasteiger charge is -2.31. The number of thiazole rings is 1. The molecule has 2 aromatic carbocycles. The van der Waals surface area contributed by atoms with Crippen molar-refractivity contribution in [1.29, 1.82) is 0 Å². The van der Waals surface area contributed by atoms with E-state index in [1.165, 1.54) is 23.3 Å². The molecule has 8 heteroatoms. The molecule has 0 aliphatic carbocycles. The van der Waals surface area contributed by atoms with Crippen molar-refractivity contribution in [2.24, 2.45) is 0 Å². The van der Waals surface area contributed by atoms with Gasteiger partial charge in [-0.2, -0.15) is 0 Å². The third-order valence-corrected chi connectivity index (χ3v) is 9.39. The summed E-state index contributed by atoms with van der Waals surface area (Å²) in [5.74, 6) is 0. The van der Waals surface area contributed by atoms with Gasteiger partial charge in [-0.25, -0.2) is 13.4 Å². The predicted molar refractivity (Wildman–Crippen MR) is 126 cm³/mol. The van der Waals surface area contributed by atoms with Crippen molar-refractivity contribution in [2.45, 2.75) is 36.8 Å². The molecule has 1 aromatic heterocycles. The minimum absolute atomic E-state index is 0.126. The van der Waals surface area contributed by atoms with E-state index in [0.717, 1.165) is 16.4 Å². The van der Waals surface area contributed by atoms with E-state index in [9.17, 15) is 8.42 Å². The number of halogens is 2. The van der Waals surface area contributed by atoms with Crippen LogP contribution in [0.1, 0.15) is 24.0 Å². The Bertz CT molecular complexity index is 1180. The Hall–Kier alpha value is -1.60. The van der Waals surface area contributed by atoms with Gasteiger partial charge in [0.2, 0.25) is 0 Å². The molecule has 0 atom stereocenters. The molecule has 158 valence electrons. The molecule has 0 saturated carbocycles. The van der Waals surface area contributed by atoms with Crippen LogP contribution >= 0.6 is 34.5 Å². The minimum atomic E-state index is -3.53. The maximum absolute atomic E-state index is 13.1. The van der Waals surface area contributed by atoms with Gasteiger partial charge in [0.1, 0.15) is 0 Å². The highest BCUT2D eigenvalue weighted by atomic mass is 35.5. The van der Waals surface area contributed by atoms with Crippen molar-refractivity contribution in [3.8, 4) is 11.3 Å². The van der Waals surface area contributed by atoms with Crippen molar-refractivity contribution >= 4 is 49.5 Å². The van der Waals surface area contributed by atoms with Crippen LogP contribution in [0.15, 0.2) is 46.7 Å². The zero-order chi connectivity index (χ0) is 21.5. The third kappa shape index (κ3) is 4.24. The zero-order valence-electron chi connectivity index (χ0n) is 16.7. The lowest BCUT2D eigenvalue weighted by Crippen LogP contribution is -2.39. The Morgan fingerprint density at radius 3 is 2.53 bits per heavy atom. The second-order valence-corrected chi connectivity index (χ2v) is 11.5. The third-order valence-electron chi connectivity index (χ3n) is 5.51. The van der Waals surface area contributed by atoms with Gasteiger partial charge in [-0.15, -0.1) is 11.3 Å². The van der Waals surface area contributed by atoms with E-state index in [4.69, 9.17) is 28.2 Å². The van der Waals surface area contributed by atoms with Crippen LogP contribution in [0, 0.1) is 13.8 Å². The molecule has 2 heterocycles. The van der Waals surface area contributed by atoms with E-state index in [2.05, 4.69) is 42.3 Å². The fourth-order valence-corrected chi connectivity index (χ4v) is 7.16. The first kappa shape index (κ1) is 21.6. The van der Waals surface area contributed by atoms with Gasteiger partial charge in [0.15, 0.2) is 15.0 Å². The lowest BCUT2D eigenvalue weighted by molar-refractivity contribution is 0.529.